The monoisotopic (exact) mass is 367 g/mol. The topological polar surface area (TPSA) is 96.3 Å². The van der Waals surface area contributed by atoms with E-state index in [-0.39, 0.29) is 11.3 Å². The van der Waals surface area contributed by atoms with Crippen LogP contribution in [0.5, 0.6) is 0 Å². The van der Waals surface area contributed by atoms with E-state index < -0.39 is 0 Å². The molecule has 0 fully saturated rings. The molecule has 2 aromatic carbocycles. The van der Waals surface area contributed by atoms with Crippen molar-refractivity contribution in [3.8, 4) is 40.0 Å². The van der Waals surface area contributed by atoms with Gasteiger partial charge in [-0.2, -0.15) is 15.8 Å². The summed E-state index contributed by atoms with van der Waals surface area (Å²) in [6.45, 7) is 2.04. The number of hydrogen-bond acceptors (Lipinski definition) is 6. The number of rotatable bonds is 4. The smallest absolute Gasteiger partial charge is 0.163 e. The number of aryl methyl sites for hydroxylation is 1. The highest BCUT2D eigenvalue weighted by Gasteiger charge is 2.12. The van der Waals surface area contributed by atoms with Crippen molar-refractivity contribution in [1.29, 1.82) is 15.8 Å². The maximum atomic E-state index is 9.19. The maximum Gasteiger partial charge on any atom is 0.163 e. The number of anilines is 1. The third-order valence-corrected chi connectivity index (χ3v) is 4.83. The Balaban J connectivity index is 1.96. The quantitative estimate of drug-likeness (QED) is 0.653. The summed E-state index contributed by atoms with van der Waals surface area (Å²) in [5, 5.41) is 30.8. The molecule has 0 amide bonds. The first-order valence-corrected chi connectivity index (χ1v) is 8.82. The Hall–Kier alpha value is -3.92. The second-order valence-electron chi connectivity index (χ2n) is 5.58. The second kappa shape index (κ2) is 7.97. The lowest BCUT2D eigenvalue weighted by Gasteiger charge is -2.06. The largest absolute Gasteiger partial charge is 0.345 e. The van der Waals surface area contributed by atoms with Crippen molar-refractivity contribution >= 4 is 17.0 Å². The molecule has 0 saturated heterocycles. The number of aromatic nitrogens is 1. The normalized spacial score (nSPS) is 9.56. The van der Waals surface area contributed by atoms with Gasteiger partial charge in [-0.25, -0.2) is 4.98 Å². The minimum atomic E-state index is -0.251. The van der Waals surface area contributed by atoms with Gasteiger partial charge in [0.25, 0.3) is 0 Å². The van der Waals surface area contributed by atoms with Gasteiger partial charge in [-0.1, -0.05) is 42.5 Å². The number of benzene rings is 2. The van der Waals surface area contributed by atoms with E-state index in [1.807, 2.05) is 61.5 Å². The minimum Gasteiger partial charge on any atom is -0.345 e. The third kappa shape index (κ3) is 3.85. The van der Waals surface area contributed by atoms with Crippen LogP contribution < -0.4 is 5.32 Å². The first-order valence-electron chi connectivity index (χ1n) is 8.01. The van der Waals surface area contributed by atoms with E-state index in [9.17, 15) is 5.26 Å². The highest BCUT2D eigenvalue weighted by atomic mass is 32.1. The molecule has 0 atom stereocenters. The Kier molecular flexibility index (Phi) is 5.28. The van der Waals surface area contributed by atoms with E-state index in [1.165, 1.54) is 0 Å². The van der Waals surface area contributed by atoms with E-state index in [0.717, 1.165) is 26.7 Å². The van der Waals surface area contributed by atoms with Crippen LogP contribution in [-0.4, -0.2) is 4.98 Å². The summed E-state index contributed by atoms with van der Waals surface area (Å²) in [4.78, 5) is 5.88. The van der Waals surface area contributed by atoms with Crippen LogP contribution in [0, 0.1) is 40.9 Å². The van der Waals surface area contributed by atoms with Gasteiger partial charge in [0.1, 0.15) is 28.9 Å². The molecule has 0 saturated carbocycles. The summed E-state index contributed by atoms with van der Waals surface area (Å²) in [7, 11) is 0. The van der Waals surface area contributed by atoms with Crippen LogP contribution in [0.1, 0.15) is 4.88 Å². The first-order chi connectivity index (χ1) is 13.2. The van der Waals surface area contributed by atoms with E-state index in [4.69, 9.17) is 15.5 Å². The number of thiazole rings is 1. The third-order valence-electron chi connectivity index (χ3n) is 3.81. The van der Waals surface area contributed by atoms with Crippen LogP contribution >= 0.6 is 11.3 Å². The van der Waals surface area contributed by atoms with E-state index in [1.54, 1.807) is 29.5 Å². The molecular weight excluding hydrogens is 354 g/mol. The van der Waals surface area contributed by atoms with Crippen molar-refractivity contribution in [2.24, 2.45) is 0 Å². The van der Waals surface area contributed by atoms with Gasteiger partial charge in [0.05, 0.1) is 5.69 Å². The molecule has 1 heterocycles. The first kappa shape index (κ1) is 17.9. The molecule has 0 aliphatic rings. The van der Waals surface area contributed by atoms with Crippen LogP contribution in [0.15, 0.2) is 65.9 Å². The van der Waals surface area contributed by atoms with Crippen molar-refractivity contribution in [2.45, 2.75) is 6.92 Å². The predicted molar refractivity (Wildman–Crippen MR) is 105 cm³/mol. The Morgan fingerprint density at radius 2 is 1.63 bits per heavy atom. The van der Waals surface area contributed by atoms with Crippen molar-refractivity contribution in [1.82, 2.24) is 4.98 Å². The van der Waals surface area contributed by atoms with E-state index in [0.29, 0.717) is 5.69 Å². The van der Waals surface area contributed by atoms with Crippen molar-refractivity contribution in [3.63, 3.8) is 0 Å². The molecule has 0 aliphatic carbocycles. The lowest BCUT2D eigenvalue weighted by atomic mass is 10.1. The Labute approximate surface area is 161 Å². The Bertz CT molecular complexity index is 1120. The molecule has 0 spiro atoms. The van der Waals surface area contributed by atoms with Gasteiger partial charge in [0, 0.05) is 21.7 Å². The Morgan fingerprint density at radius 3 is 2.30 bits per heavy atom. The van der Waals surface area contributed by atoms with Crippen LogP contribution in [0.2, 0.25) is 0 Å². The Morgan fingerprint density at radius 1 is 0.926 bits per heavy atom. The van der Waals surface area contributed by atoms with Crippen LogP contribution in [0.3, 0.4) is 0 Å². The molecule has 27 heavy (non-hydrogen) atoms. The fourth-order valence-corrected chi connectivity index (χ4v) is 3.47. The molecule has 0 unspecified atom stereocenters. The number of nitrogens with one attached hydrogen (secondary N) is 1. The molecule has 0 radical (unpaired) electrons. The lowest BCUT2D eigenvalue weighted by molar-refractivity contribution is 1.36. The van der Waals surface area contributed by atoms with Gasteiger partial charge in [-0.15, -0.1) is 11.3 Å². The summed E-state index contributed by atoms with van der Waals surface area (Å²) in [5.74, 6) is 0. The van der Waals surface area contributed by atoms with Gasteiger partial charge in [0.2, 0.25) is 0 Å². The molecule has 5 nitrogen and oxygen atoms in total. The molecule has 1 N–H and O–H groups in total. The van der Waals surface area contributed by atoms with Gasteiger partial charge in [-0.3, -0.25) is 0 Å². The number of hydrogen-bond donors (Lipinski definition) is 1. The molecule has 3 rings (SSSR count). The van der Waals surface area contributed by atoms with E-state index >= 15 is 0 Å². The molecule has 3 aromatic rings. The van der Waals surface area contributed by atoms with Crippen LogP contribution in [0.25, 0.3) is 21.8 Å². The standard InChI is InChI=1S/C21H13N5S/c1-14-20(15-6-3-2-4-7-15)26-21(27-14)16-8-5-9-18(10-16)25-19(13-24)17(11-22)12-23/h2-10,25H,1H3. The van der Waals surface area contributed by atoms with Crippen LogP contribution in [0.4, 0.5) is 5.69 Å². The summed E-state index contributed by atoms with van der Waals surface area (Å²) in [5.41, 5.74) is 3.19. The summed E-state index contributed by atoms with van der Waals surface area (Å²) in [6.07, 6.45) is 0. The van der Waals surface area contributed by atoms with Gasteiger partial charge < -0.3 is 5.32 Å². The fraction of sp³-hybridized carbons (Fsp3) is 0.0476. The zero-order valence-electron chi connectivity index (χ0n) is 14.4. The predicted octanol–water partition coefficient (Wildman–Crippen LogP) is 5.02. The zero-order valence-corrected chi connectivity index (χ0v) is 15.2. The fourth-order valence-electron chi connectivity index (χ4n) is 2.54. The molecule has 1 aromatic heterocycles. The molecule has 0 bridgehead atoms. The van der Waals surface area contributed by atoms with Crippen molar-refractivity contribution in [2.75, 3.05) is 5.32 Å². The van der Waals surface area contributed by atoms with Crippen molar-refractivity contribution in [3.05, 3.63) is 70.7 Å². The molecule has 0 aliphatic heterocycles. The SMILES string of the molecule is Cc1sc(-c2cccc(NC(C#N)=C(C#N)C#N)c2)nc1-c1ccccc1. The highest BCUT2D eigenvalue weighted by molar-refractivity contribution is 7.15. The van der Waals surface area contributed by atoms with Crippen LogP contribution in [-0.2, 0) is 0 Å². The van der Waals surface area contributed by atoms with E-state index in [2.05, 4.69) is 5.32 Å². The van der Waals surface area contributed by atoms with Crippen molar-refractivity contribution < 1.29 is 0 Å². The number of nitriles is 3. The zero-order chi connectivity index (χ0) is 19.2. The molecular formula is C21H13N5S. The second-order valence-corrected chi connectivity index (χ2v) is 6.78. The summed E-state index contributed by atoms with van der Waals surface area (Å²) < 4.78 is 0. The highest BCUT2D eigenvalue weighted by Crippen LogP contribution is 2.34. The summed E-state index contributed by atoms with van der Waals surface area (Å²) >= 11 is 1.59. The maximum absolute atomic E-state index is 9.19. The van der Waals surface area contributed by atoms with Gasteiger partial charge in [0.15, 0.2) is 5.57 Å². The van der Waals surface area contributed by atoms with Gasteiger partial charge in [-0.05, 0) is 19.1 Å². The molecule has 128 valence electrons. The average molecular weight is 367 g/mol. The lowest BCUT2D eigenvalue weighted by Crippen LogP contribution is -2.00. The minimum absolute atomic E-state index is 0.0718. The summed E-state index contributed by atoms with van der Waals surface area (Å²) in [6, 6.07) is 22.7. The number of allylic oxidation sites excluding steroid dienone is 2. The average Bonchev–Trinajstić information content (AvgIpc) is 3.10. The number of nitrogens with zero attached hydrogens (tertiary/aromatic N) is 4. The van der Waals surface area contributed by atoms with Gasteiger partial charge >= 0.3 is 0 Å². The molecule has 6 heteroatoms.